The summed E-state index contributed by atoms with van der Waals surface area (Å²) in [6.07, 6.45) is 1.47. The lowest BCUT2D eigenvalue weighted by Gasteiger charge is -2.24. The summed E-state index contributed by atoms with van der Waals surface area (Å²) in [4.78, 5) is 10.4. The maximum atomic E-state index is 10.4. The standard InChI is InChI=1S/C11H14O2/c1-2-11(13,8-9-12)10-6-4-3-5-7-10/h3-7,9,13H,2,8H2,1H3. The first-order valence-corrected chi connectivity index (χ1v) is 4.44. The maximum Gasteiger partial charge on any atom is 0.123 e. The van der Waals surface area contributed by atoms with Gasteiger partial charge in [0, 0.05) is 6.42 Å². The number of rotatable bonds is 4. The summed E-state index contributed by atoms with van der Waals surface area (Å²) in [5.41, 5.74) is -0.173. The summed E-state index contributed by atoms with van der Waals surface area (Å²) in [6.45, 7) is 1.87. The molecule has 1 unspecified atom stereocenters. The highest BCUT2D eigenvalue weighted by Gasteiger charge is 2.25. The minimum absolute atomic E-state index is 0.160. The molecule has 70 valence electrons. The third kappa shape index (κ3) is 2.16. The molecule has 0 spiro atoms. The molecule has 0 aliphatic rings. The van der Waals surface area contributed by atoms with E-state index < -0.39 is 5.60 Å². The average molecular weight is 178 g/mol. The fourth-order valence-electron chi connectivity index (χ4n) is 1.35. The molecule has 13 heavy (non-hydrogen) atoms. The van der Waals surface area contributed by atoms with Crippen molar-refractivity contribution in [1.82, 2.24) is 0 Å². The van der Waals surface area contributed by atoms with Crippen LogP contribution >= 0.6 is 0 Å². The molecule has 0 heterocycles. The lowest BCUT2D eigenvalue weighted by molar-refractivity contribution is -0.112. The van der Waals surface area contributed by atoms with E-state index in [9.17, 15) is 9.90 Å². The van der Waals surface area contributed by atoms with Gasteiger partial charge in [0.15, 0.2) is 0 Å². The molecule has 1 aromatic carbocycles. The Bertz CT molecular complexity index is 269. The van der Waals surface area contributed by atoms with Crippen LogP contribution in [-0.4, -0.2) is 11.4 Å². The number of carbonyl (C=O) groups excluding carboxylic acids is 1. The monoisotopic (exact) mass is 178 g/mol. The highest BCUT2D eigenvalue weighted by atomic mass is 16.3. The predicted octanol–water partition coefficient (Wildman–Crippen LogP) is 1.87. The molecule has 0 aliphatic carbocycles. The Morgan fingerprint density at radius 2 is 2.00 bits per heavy atom. The van der Waals surface area contributed by atoms with E-state index in [1.54, 1.807) is 0 Å². The second-order valence-corrected chi connectivity index (χ2v) is 3.12. The van der Waals surface area contributed by atoms with Gasteiger partial charge in [0.1, 0.15) is 6.29 Å². The second kappa shape index (κ2) is 4.19. The molecule has 1 aromatic rings. The predicted molar refractivity (Wildman–Crippen MR) is 51.3 cm³/mol. The summed E-state index contributed by atoms with van der Waals surface area (Å²) >= 11 is 0. The number of hydrogen-bond acceptors (Lipinski definition) is 2. The Morgan fingerprint density at radius 3 is 2.46 bits per heavy atom. The Morgan fingerprint density at radius 1 is 1.38 bits per heavy atom. The van der Waals surface area contributed by atoms with Crippen LogP contribution in [0.4, 0.5) is 0 Å². The van der Waals surface area contributed by atoms with E-state index in [1.807, 2.05) is 37.3 Å². The molecule has 0 bridgehead atoms. The van der Waals surface area contributed by atoms with Crippen molar-refractivity contribution in [2.45, 2.75) is 25.4 Å². The van der Waals surface area contributed by atoms with Crippen LogP contribution < -0.4 is 0 Å². The van der Waals surface area contributed by atoms with Crippen molar-refractivity contribution in [3.05, 3.63) is 35.9 Å². The molecule has 0 saturated carbocycles. The third-order valence-corrected chi connectivity index (χ3v) is 2.32. The zero-order valence-corrected chi connectivity index (χ0v) is 7.73. The Balaban J connectivity index is 2.95. The van der Waals surface area contributed by atoms with E-state index in [0.29, 0.717) is 6.42 Å². The summed E-state index contributed by atoms with van der Waals surface area (Å²) < 4.78 is 0. The minimum Gasteiger partial charge on any atom is -0.385 e. The van der Waals surface area contributed by atoms with Gasteiger partial charge in [-0.25, -0.2) is 0 Å². The van der Waals surface area contributed by atoms with E-state index in [2.05, 4.69) is 0 Å². The van der Waals surface area contributed by atoms with Crippen LogP contribution in [0, 0.1) is 0 Å². The lowest BCUT2D eigenvalue weighted by Crippen LogP contribution is -2.24. The van der Waals surface area contributed by atoms with Crippen LogP contribution in [-0.2, 0) is 10.4 Å². The van der Waals surface area contributed by atoms with Crippen molar-refractivity contribution >= 4 is 6.29 Å². The van der Waals surface area contributed by atoms with Gasteiger partial charge in [0.05, 0.1) is 5.60 Å². The van der Waals surface area contributed by atoms with E-state index in [-0.39, 0.29) is 6.42 Å². The smallest absolute Gasteiger partial charge is 0.123 e. The molecule has 0 amide bonds. The third-order valence-electron chi connectivity index (χ3n) is 2.32. The van der Waals surface area contributed by atoms with Crippen molar-refractivity contribution in [3.63, 3.8) is 0 Å². The van der Waals surface area contributed by atoms with Crippen LogP contribution in [0.1, 0.15) is 25.3 Å². The van der Waals surface area contributed by atoms with Gasteiger partial charge in [-0.3, -0.25) is 0 Å². The van der Waals surface area contributed by atoms with Gasteiger partial charge in [-0.1, -0.05) is 37.3 Å². The molecular weight excluding hydrogens is 164 g/mol. The van der Waals surface area contributed by atoms with E-state index in [1.165, 1.54) is 0 Å². The Kier molecular flexibility index (Phi) is 3.20. The van der Waals surface area contributed by atoms with E-state index in [4.69, 9.17) is 0 Å². The van der Waals surface area contributed by atoms with E-state index >= 15 is 0 Å². The molecule has 0 fully saturated rings. The lowest BCUT2D eigenvalue weighted by atomic mass is 9.89. The second-order valence-electron chi connectivity index (χ2n) is 3.12. The SMILES string of the molecule is CCC(O)(CC=O)c1ccccc1. The first-order chi connectivity index (χ1) is 6.23. The number of aliphatic hydroxyl groups is 1. The summed E-state index contributed by atoms with van der Waals surface area (Å²) in [7, 11) is 0. The topological polar surface area (TPSA) is 37.3 Å². The van der Waals surface area contributed by atoms with Gasteiger partial charge >= 0.3 is 0 Å². The molecule has 2 heteroatoms. The molecular formula is C11H14O2. The highest BCUT2D eigenvalue weighted by Crippen LogP contribution is 2.27. The van der Waals surface area contributed by atoms with Gasteiger partial charge in [-0.2, -0.15) is 0 Å². The van der Waals surface area contributed by atoms with Crippen molar-refractivity contribution in [2.75, 3.05) is 0 Å². The number of hydrogen-bond donors (Lipinski definition) is 1. The normalized spacial score (nSPS) is 14.9. The zero-order valence-electron chi connectivity index (χ0n) is 7.73. The van der Waals surface area contributed by atoms with Crippen LogP contribution in [0.5, 0.6) is 0 Å². The zero-order chi connectivity index (χ0) is 9.73. The average Bonchev–Trinajstić information content (AvgIpc) is 2.19. The van der Waals surface area contributed by atoms with Gasteiger partial charge < -0.3 is 9.90 Å². The van der Waals surface area contributed by atoms with Crippen molar-refractivity contribution in [3.8, 4) is 0 Å². The van der Waals surface area contributed by atoms with Gasteiger partial charge in [-0.15, -0.1) is 0 Å². The molecule has 1 atom stereocenters. The fourth-order valence-corrected chi connectivity index (χ4v) is 1.35. The molecule has 0 saturated heterocycles. The molecule has 0 aromatic heterocycles. The molecule has 0 radical (unpaired) electrons. The molecule has 2 nitrogen and oxygen atoms in total. The number of benzene rings is 1. The minimum atomic E-state index is -0.983. The van der Waals surface area contributed by atoms with Crippen molar-refractivity contribution < 1.29 is 9.90 Å². The van der Waals surface area contributed by atoms with Gasteiger partial charge in [-0.05, 0) is 12.0 Å². The summed E-state index contributed by atoms with van der Waals surface area (Å²) in [6, 6.07) is 9.29. The molecule has 1 N–H and O–H groups in total. The largest absolute Gasteiger partial charge is 0.385 e. The fraction of sp³-hybridized carbons (Fsp3) is 0.364. The Labute approximate surface area is 78.2 Å². The summed E-state index contributed by atoms with van der Waals surface area (Å²) in [5.74, 6) is 0. The van der Waals surface area contributed by atoms with Gasteiger partial charge in [0.2, 0.25) is 0 Å². The van der Waals surface area contributed by atoms with Crippen LogP contribution in [0.2, 0.25) is 0 Å². The first-order valence-electron chi connectivity index (χ1n) is 4.44. The maximum absolute atomic E-state index is 10.4. The molecule has 1 rings (SSSR count). The van der Waals surface area contributed by atoms with Crippen molar-refractivity contribution in [2.24, 2.45) is 0 Å². The van der Waals surface area contributed by atoms with Crippen LogP contribution in [0.15, 0.2) is 30.3 Å². The molecule has 0 aliphatic heterocycles. The van der Waals surface area contributed by atoms with Crippen LogP contribution in [0.25, 0.3) is 0 Å². The van der Waals surface area contributed by atoms with Gasteiger partial charge in [0.25, 0.3) is 0 Å². The Hall–Kier alpha value is -1.15. The number of aldehydes is 1. The quantitative estimate of drug-likeness (QED) is 0.715. The van der Waals surface area contributed by atoms with Crippen LogP contribution in [0.3, 0.4) is 0 Å². The number of carbonyl (C=O) groups is 1. The van der Waals surface area contributed by atoms with E-state index in [0.717, 1.165) is 11.8 Å². The summed E-state index contributed by atoms with van der Waals surface area (Å²) in [5, 5.41) is 10.1. The van der Waals surface area contributed by atoms with Crippen molar-refractivity contribution in [1.29, 1.82) is 0 Å². The first kappa shape index (κ1) is 9.93. The highest BCUT2D eigenvalue weighted by molar-refractivity contribution is 5.52.